The molecule has 1 aliphatic rings. The molecule has 0 saturated carbocycles. The topological polar surface area (TPSA) is 35.5 Å². The summed E-state index contributed by atoms with van der Waals surface area (Å²) in [6.45, 7) is 5.09. The molecule has 1 heterocycles. The first kappa shape index (κ1) is 14.1. The van der Waals surface area contributed by atoms with Crippen molar-refractivity contribution in [2.75, 3.05) is 20.3 Å². The van der Waals surface area contributed by atoms with E-state index in [0.717, 1.165) is 25.0 Å². The van der Waals surface area contributed by atoms with E-state index >= 15 is 0 Å². The Morgan fingerprint density at radius 2 is 2.16 bits per heavy atom. The number of hydrogen-bond donors (Lipinski definition) is 0. The number of ether oxygens (including phenoxy) is 2. The van der Waals surface area contributed by atoms with Gasteiger partial charge in [-0.15, -0.1) is 0 Å². The standard InChI is InChI=1S/C16H22O3/c1-11(2)13-8-12-6-4-5-7-19-16(12)14(9-13)15(17)10-18-3/h8-9,11H,4-7,10H2,1-3H3. The van der Waals surface area contributed by atoms with E-state index in [1.54, 1.807) is 7.11 Å². The van der Waals surface area contributed by atoms with E-state index in [-0.39, 0.29) is 12.4 Å². The number of aryl methyl sites for hydroxylation is 1. The summed E-state index contributed by atoms with van der Waals surface area (Å²) >= 11 is 0. The second kappa shape index (κ2) is 6.20. The molecule has 104 valence electrons. The van der Waals surface area contributed by atoms with Crippen molar-refractivity contribution >= 4 is 5.78 Å². The van der Waals surface area contributed by atoms with Crippen LogP contribution < -0.4 is 4.74 Å². The molecule has 3 nitrogen and oxygen atoms in total. The van der Waals surface area contributed by atoms with Crippen LogP contribution in [0, 0.1) is 0 Å². The maximum Gasteiger partial charge on any atom is 0.192 e. The Labute approximate surface area is 114 Å². The Hall–Kier alpha value is -1.35. The minimum absolute atomic E-state index is 0.00292. The third-order valence-electron chi connectivity index (χ3n) is 3.52. The fourth-order valence-electron chi connectivity index (χ4n) is 2.41. The average molecular weight is 262 g/mol. The highest BCUT2D eigenvalue weighted by atomic mass is 16.5. The highest BCUT2D eigenvalue weighted by Crippen LogP contribution is 2.32. The molecule has 0 saturated heterocycles. The van der Waals surface area contributed by atoms with Gasteiger partial charge in [-0.25, -0.2) is 0 Å². The van der Waals surface area contributed by atoms with Crippen molar-refractivity contribution in [2.45, 2.75) is 39.0 Å². The quantitative estimate of drug-likeness (QED) is 0.781. The van der Waals surface area contributed by atoms with Crippen LogP contribution in [0.4, 0.5) is 0 Å². The summed E-state index contributed by atoms with van der Waals surface area (Å²) in [5, 5.41) is 0. The lowest BCUT2D eigenvalue weighted by molar-refractivity contribution is 0.0844. The third kappa shape index (κ3) is 3.16. The van der Waals surface area contributed by atoms with E-state index in [2.05, 4.69) is 19.9 Å². The molecule has 0 fully saturated rings. The second-order valence-electron chi connectivity index (χ2n) is 5.37. The molecule has 0 unspecified atom stereocenters. The van der Waals surface area contributed by atoms with Crippen LogP contribution in [0.1, 0.15) is 54.1 Å². The van der Waals surface area contributed by atoms with Crippen LogP contribution in [0.25, 0.3) is 0 Å². The van der Waals surface area contributed by atoms with E-state index < -0.39 is 0 Å². The van der Waals surface area contributed by atoms with Gasteiger partial charge in [0.2, 0.25) is 0 Å². The van der Waals surface area contributed by atoms with Crippen molar-refractivity contribution in [3.8, 4) is 5.75 Å². The summed E-state index contributed by atoms with van der Waals surface area (Å²) in [6, 6.07) is 4.16. The average Bonchev–Trinajstić information content (AvgIpc) is 2.62. The molecule has 0 aromatic heterocycles. The molecular formula is C16H22O3. The molecule has 3 heteroatoms. The van der Waals surface area contributed by atoms with Crippen LogP contribution >= 0.6 is 0 Å². The van der Waals surface area contributed by atoms with Crippen LogP contribution in [0.5, 0.6) is 5.75 Å². The molecule has 2 rings (SSSR count). The van der Waals surface area contributed by atoms with Crippen molar-refractivity contribution in [3.63, 3.8) is 0 Å². The molecule has 0 radical (unpaired) electrons. The number of Topliss-reactive ketones (excluding diaryl/α,β-unsaturated/α-hetero) is 1. The predicted molar refractivity (Wildman–Crippen MR) is 75.2 cm³/mol. The van der Waals surface area contributed by atoms with Gasteiger partial charge in [-0.3, -0.25) is 4.79 Å². The zero-order valence-electron chi connectivity index (χ0n) is 12.0. The van der Waals surface area contributed by atoms with Gasteiger partial charge < -0.3 is 9.47 Å². The molecule has 0 bridgehead atoms. The SMILES string of the molecule is COCC(=O)c1cc(C(C)C)cc2c1OCCCC2. The highest BCUT2D eigenvalue weighted by molar-refractivity contribution is 6.00. The maximum atomic E-state index is 12.2. The lowest BCUT2D eigenvalue weighted by Crippen LogP contribution is -2.11. The van der Waals surface area contributed by atoms with Crippen molar-refractivity contribution in [1.29, 1.82) is 0 Å². The van der Waals surface area contributed by atoms with E-state index in [9.17, 15) is 4.79 Å². The van der Waals surface area contributed by atoms with E-state index in [0.29, 0.717) is 18.1 Å². The number of ketones is 1. The third-order valence-corrected chi connectivity index (χ3v) is 3.52. The maximum absolute atomic E-state index is 12.2. The van der Waals surface area contributed by atoms with Gasteiger partial charge in [0.05, 0.1) is 12.2 Å². The first-order valence-electron chi connectivity index (χ1n) is 6.95. The number of benzene rings is 1. The monoisotopic (exact) mass is 262 g/mol. The first-order chi connectivity index (χ1) is 9.13. The Balaban J connectivity index is 2.48. The number of methoxy groups -OCH3 is 1. The molecule has 1 aliphatic heterocycles. The number of hydrogen-bond acceptors (Lipinski definition) is 3. The lowest BCUT2D eigenvalue weighted by Gasteiger charge is -2.16. The number of carbonyl (C=O) groups is 1. The fraction of sp³-hybridized carbons (Fsp3) is 0.562. The molecule has 0 N–H and O–H groups in total. The lowest BCUT2D eigenvalue weighted by atomic mass is 9.93. The zero-order valence-corrected chi connectivity index (χ0v) is 12.0. The fourth-order valence-corrected chi connectivity index (χ4v) is 2.41. The van der Waals surface area contributed by atoms with Gasteiger partial charge in [0.25, 0.3) is 0 Å². The minimum Gasteiger partial charge on any atom is -0.493 e. The van der Waals surface area contributed by atoms with Crippen molar-refractivity contribution in [3.05, 3.63) is 28.8 Å². The summed E-state index contributed by atoms with van der Waals surface area (Å²) < 4.78 is 10.8. The molecule has 1 aromatic rings. The minimum atomic E-state index is 0.00292. The summed E-state index contributed by atoms with van der Waals surface area (Å²) in [7, 11) is 1.55. The van der Waals surface area contributed by atoms with Crippen molar-refractivity contribution in [1.82, 2.24) is 0 Å². The Kier molecular flexibility index (Phi) is 4.59. The van der Waals surface area contributed by atoms with Crippen molar-refractivity contribution in [2.24, 2.45) is 0 Å². The Bertz CT molecular complexity index is 463. The molecule has 0 atom stereocenters. The molecule has 1 aromatic carbocycles. The summed E-state index contributed by atoms with van der Waals surface area (Å²) in [5.41, 5.74) is 3.05. The van der Waals surface area contributed by atoms with E-state index in [1.165, 1.54) is 11.1 Å². The van der Waals surface area contributed by atoms with Crippen LogP contribution in [0.15, 0.2) is 12.1 Å². The van der Waals surface area contributed by atoms with Crippen molar-refractivity contribution < 1.29 is 14.3 Å². The Morgan fingerprint density at radius 3 is 2.84 bits per heavy atom. The second-order valence-corrected chi connectivity index (χ2v) is 5.37. The smallest absolute Gasteiger partial charge is 0.192 e. The van der Waals surface area contributed by atoms with Gasteiger partial charge in [0.15, 0.2) is 5.78 Å². The summed E-state index contributed by atoms with van der Waals surface area (Å²) in [4.78, 5) is 12.2. The predicted octanol–water partition coefficient (Wildman–Crippen LogP) is 3.35. The van der Waals surface area contributed by atoms with Crippen LogP contribution in [-0.4, -0.2) is 26.1 Å². The van der Waals surface area contributed by atoms with Gasteiger partial charge in [-0.1, -0.05) is 19.9 Å². The van der Waals surface area contributed by atoms with Crippen LogP contribution in [0.3, 0.4) is 0 Å². The van der Waals surface area contributed by atoms with Gasteiger partial charge in [0.1, 0.15) is 12.4 Å². The molecule has 0 aliphatic carbocycles. The number of fused-ring (bicyclic) bond motifs is 1. The first-order valence-corrected chi connectivity index (χ1v) is 6.95. The zero-order chi connectivity index (χ0) is 13.8. The number of rotatable bonds is 4. The molecular weight excluding hydrogens is 240 g/mol. The Morgan fingerprint density at radius 1 is 1.37 bits per heavy atom. The van der Waals surface area contributed by atoms with Gasteiger partial charge >= 0.3 is 0 Å². The number of carbonyl (C=O) groups excluding carboxylic acids is 1. The van der Waals surface area contributed by atoms with Crippen LogP contribution in [-0.2, 0) is 11.2 Å². The van der Waals surface area contributed by atoms with Crippen LogP contribution in [0.2, 0.25) is 0 Å². The van der Waals surface area contributed by atoms with Gasteiger partial charge in [-0.05, 0) is 42.4 Å². The summed E-state index contributed by atoms with van der Waals surface area (Å²) in [5.74, 6) is 1.19. The highest BCUT2D eigenvalue weighted by Gasteiger charge is 2.20. The normalized spacial score (nSPS) is 14.7. The summed E-state index contributed by atoms with van der Waals surface area (Å²) in [6.07, 6.45) is 3.15. The van der Waals surface area contributed by atoms with Gasteiger partial charge in [0, 0.05) is 7.11 Å². The van der Waals surface area contributed by atoms with E-state index in [4.69, 9.17) is 9.47 Å². The van der Waals surface area contributed by atoms with E-state index in [1.807, 2.05) is 6.07 Å². The largest absolute Gasteiger partial charge is 0.493 e. The van der Waals surface area contributed by atoms with Gasteiger partial charge in [-0.2, -0.15) is 0 Å². The molecule has 0 amide bonds. The molecule has 19 heavy (non-hydrogen) atoms. The molecule has 0 spiro atoms.